The van der Waals surface area contributed by atoms with Crippen LogP contribution in [0.2, 0.25) is 10.0 Å². The van der Waals surface area contributed by atoms with Crippen LogP contribution in [0.1, 0.15) is 31.2 Å². The first-order valence-corrected chi connectivity index (χ1v) is 15.2. The van der Waals surface area contributed by atoms with Gasteiger partial charge in [-0.1, -0.05) is 45.0 Å². The molecule has 0 saturated carbocycles. The Kier molecular flexibility index (Phi) is 8.32. The fraction of sp³-hybridized carbons (Fsp3) is 0.478. The smallest absolute Gasteiger partial charge is 0.292 e. The van der Waals surface area contributed by atoms with E-state index in [0.717, 1.165) is 31.5 Å². The van der Waals surface area contributed by atoms with E-state index in [9.17, 15) is 16.8 Å². The van der Waals surface area contributed by atoms with E-state index in [4.69, 9.17) is 27.9 Å². The molecule has 0 spiro atoms. The topological polar surface area (TPSA) is 96.0 Å². The van der Waals surface area contributed by atoms with Crippen LogP contribution < -0.4 is 8.86 Å². The minimum absolute atomic E-state index is 0.0764. The number of rotatable bonds is 7. The number of hydrogen-bond acceptors (Lipinski definition) is 6. The summed E-state index contributed by atoms with van der Waals surface area (Å²) in [6.07, 6.45) is 3.08. The average Bonchev–Trinajstić information content (AvgIpc) is 2.82. The first kappa shape index (κ1) is 26.7. The van der Waals surface area contributed by atoms with Gasteiger partial charge in [0.05, 0.1) is 14.9 Å². The highest BCUT2D eigenvalue weighted by molar-refractivity contribution is 8.03. The van der Waals surface area contributed by atoms with E-state index >= 15 is 0 Å². The van der Waals surface area contributed by atoms with Gasteiger partial charge in [-0.25, -0.2) is 8.42 Å². The summed E-state index contributed by atoms with van der Waals surface area (Å²) in [4.78, 5) is 2.29. The number of hydrogen-bond donors (Lipinski definition) is 1. The summed E-state index contributed by atoms with van der Waals surface area (Å²) in [5, 5.41) is 0.953. The van der Waals surface area contributed by atoms with Crippen molar-refractivity contribution in [2.45, 2.75) is 49.6 Å². The highest BCUT2D eigenvalue weighted by Gasteiger charge is 2.35. The van der Waals surface area contributed by atoms with Gasteiger partial charge < -0.3 is 9.64 Å². The lowest BCUT2D eigenvalue weighted by molar-refractivity contribution is 0.0585. The molecule has 0 aliphatic carbocycles. The van der Waals surface area contributed by atoms with Crippen LogP contribution in [0.15, 0.2) is 47.4 Å². The molecule has 2 fully saturated rings. The largest absolute Gasteiger partial charge is 0.490 e. The second-order valence-corrected chi connectivity index (χ2v) is 13.4. The number of nitrogens with one attached hydrogen (secondary N) is 1. The Labute approximate surface area is 217 Å². The highest BCUT2D eigenvalue weighted by atomic mass is 35.5. The van der Waals surface area contributed by atoms with E-state index in [1.165, 1.54) is 16.4 Å². The molecule has 0 radical (unpaired) electrons. The quantitative estimate of drug-likeness (QED) is 0.551. The van der Waals surface area contributed by atoms with Crippen LogP contribution in [0.25, 0.3) is 0 Å². The number of sulfonamides is 1. The molecule has 0 bridgehead atoms. The molecule has 35 heavy (non-hydrogen) atoms. The maximum atomic E-state index is 12.8. The molecule has 0 unspecified atom stereocenters. The maximum Gasteiger partial charge on any atom is 0.292 e. The Bertz CT molecular complexity index is 1240. The van der Waals surface area contributed by atoms with Crippen molar-refractivity contribution >= 4 is 43.4 Å². The molecule has 2 aliphatic rings. The molecule has 2 aromatic carbocycles. The fourth-order valence-electron chi connectivity index (χ4n) is 4.51. The molecular formula is C23H29Cl2N3O5S2. The highest BCUT2D eigenvalue weighted by Crippen LogP contribution is 2.29. The normalized spacial score (nSPS) is 19.6. The third-order valence-corrected chi connectivity index (χ3v) is 10.9. The molecule has 0 aromatic heterocycles. The van der Waals surface area contributed by atoms with Gasteiger partial charge in [0.25, 0.3) is 20.2 Å². The van der Waals surface area contributed by atoms with Crippen LogP contribution in [-0.2, 0) is 20.2 Å². The van der Waals surface area contributed by atoms with Crippen LogP contribution in [0, 0.1) is 6.92 Å². The molecule has 4 rings (SSSR count). The van der Waals surface area contributed by atoms with Gasteiger partial charge in [0.2, 0.25) is 0 Å². The Morgan fingerprint density at radius 3 is 2.09 bits per heavy atom. The summed E-state index contributed by atoms with van der Waals surface area (Å²) in [5.41, 5.74) is 0.888. The van der Waals surface area contributed by atoms with E-state index < -0.39 is 20.2 Å². The van der Waals surface area contributed by atoms with Gasteiger partial charge in [-0.15, -0.1) is 0 Å². The number of aryl methyl sites for hydroxylation is 1. The van der Waals surface area contributed by atoms with Crippen molar-refractivity contribution in [1.82, 2.24) is 13.3 Å². The minimum Gasteiger partial charge on any atom is -0.490 e. The van der Waals surface area contributed by atoms with E-state index in [-0.39, 0.29) is 30.1 Å². The van der Waals surface area contributed by atoms with Crippen molar-refractivity contribution in [3.8, 4) is 5.75 Å². The van der Waals surface area contributed by atoms with Crippen LogP contribution in [-0.4, -0.2) is 64.4 Å². The van der Waals surface area contributed by atoms with Gasteiger partial charge in [-0.2, -0.15) is 12.7 Å². The van der Waals surface area contributed by atoms with Crippen LogP contribution in [0.3, 0.4) is 0 Å². The number of piperidine rings is 2. The molecular weight excluding hydrogens is 533 g/mol. The average molecular weight is 563 g/mol. The summed E-state index contributed by atoms with van der Waals surface area (Å²) in [7, 11) is -8.34. The molecule has 2 heterocycles. The Balaban J connectivity index is 1.27. The van der Waals surface area contributed by atoms with Crippen LogP contribution in [0.4, 0.5) is 0 Å². The van der Waals surface area contributed by atoms with E-state index in [1.807, 2.05) is 17.1 Å². The zero-order valence-corrected chi connectivity index (χ0v) is 22.5. The third-order valence-electron chi connectivity index (χ3n) is 6.50. The zero-order chi connectivity index (χ0) is 25.2. The molecule has 2 aliphatic heterocycles. The number of likely N-dealkylation sites (tertiary alicyclic amines) is 1. The SMILES string of the molecule is Cc1ccc(S(=O)(=O)NS(=O)(=O)N2CCC(N3CCC(Oc4ccc(Cl)c(Cl)c4)CC3)CC2)cc1. The lowest BCUT2D eigenvalue weighted by atomic mass is 10.00. The van der Waals surface area contributed by atoms with Gasteiger partial charge in [-0.05, 0) is 56.9 Å². The molecule has 0 amide bonds. The second kappa shape index (κ2) is 10.9. The van der Waals surface area contributed by atoms with Gasteiger partial charge in [0, 0.05) is 38.3 Å². The Morgan fingerprint density at radius 2 is 1.49 bits per heavy atom. The second-order valence-electron chi connectivity index (χ2n) is 8.96. The van der Waals surface area contributed by atoms with Crippen molar-refractivity contribution in [3.05, 3.63) is 58.1 Å². The molecule has 2 saturated heterocycles. The predicted molar refractivity (Wildman–Crippen MR) is 137 cm³/mol. The lowest BCUT2D eigenvalue weighted by Gasteiger charge is -2.41. The van der Waals surface area contributed by atoms with Crippen LogP contribution in [0.5, 0.6) is 5.75 Å². The standard InChI is InChI=1S/C23H29Cl2N3O5S2/c1-17-2-5-21(6-3-17)34(29,30)26-35(31,32)28-14-8-18(9-15-28)27-12-10-19(11-13-27)33-20-4-7-22(24)23(25)16-20/h2-7,16,18-19,26H,8-15H2,1H3. The summed E-state index contributed by atoms with van der Waals surface area (Å²) in [6, 6.07) is 11.6. The van der Waals surface area contributed by atoms with E-state index in [1.54, 1.807) is 24.3 Å². The monoisotopic (exact) mass is 561 g/mol. The number of benzene rings is 2. The van der Waals surface area contributed by atoms with Crippen molar-refractivity contribution in [2.75, 3.05) is 26.2 Å². The fourth-order valence-corrected chi connectivity index (χ4v) is 7.90. The van der Waals surface area contributed by atoms with Crippen molar-refractivity contribution in [3.63, 3.8) is 0 Å². The van der Waals surface area contributed by atoms with Crippen molar-refractivity contribution < 1.29 is 21.6 Å². The van der Waals surface area contributed by atoms with E-state index in [2.05, 4.69) is 4.90 Å². The zero-order valence-electron chi connectivity index (χ0n) is 19.4. The summed E-state index contributed by atoms with van der Waals surface area (Å²) in [6.45, 7) is 4.06. The lowest BCUT2D eigenvalue weighted by Crippen LogP contribution is -2.52. The maximum absolute atomic E-state index is 12.8. The van der Waals surface area contributed by atoms with Gasteiger partial charge in [-0.3, -0.25) is 0 Å². The first-order valence-electron chi connectivity index (χ1n) is 11.5. The van der Waals surface area contributed by atoms with Crippen molar-refractivity contribution in [2.24, 2.45) is 0 Å². The number of ether oxygens (including phenoxy) is 1. The number of nitrogens with zero attached hydrogens (tertiary/aromatic N) is 2. The third kappa shape index (κ3) is 6.68. The molecule has 8 nitrogen and oxygen atoms in total. The Hall–Kier alpha value is -1.40. The molecule has 192 valence electrons. The molecule has 12 heteroatoms. The van der Waals surface area contributed by atoms with Gasteiger partial charge in [0.1, 0.15) is 11.9 Å². The summed E-state index contributed by atoms with van der Waals surface area (Å²) < 4.78 is 59.8. The van der Waals surface area contributed by atoms with Gasteiger partial charge in [0.15, 0.2) is 0 Å². The van der Waals surface area contributed by atoms with Crippen molar-refractivity contribution in [1.29, 1.82) is 0 Å². The number of halogens is 2. The summed E-state index contributed by atoms with van der Waals surface area (Å²) in [5.74, 6) is 0.699. The Morgan fingerprint density at radius 1 is 0.857 bits per heavy atom. The van der Waals surface area contributed by atoms with Crippen LogP contribution >= 0.6 is 23.2 Å². The molecule has 2 aromatic rings. The van der Waals surface area contributed by atoms with Gasteiger partial charge >= 0.3 is 0 Å². The molecule has 1 N–H and O–H groups in total. The minimum atomic E-state index is -4.17. The summed E-state index contributed by atoms with van der Waals surface area (Å²) >= 11 is 12.0. The van der Waals surface area contributed by atoms with E-state index in [0.29, 0.717) is 28.6 Å². The predicted octanol–water partition coefficient (Wildman–Crippen LogP) is 3.83. The molecule has 0 atom stereocenters. The first-order chi connectivity index (χ1) is 16.5.